The average molecular weight is 327 g/mol. The van der Waals surface area contributed by atoms with E-state index >= 15 is 0 Å². The van der Waals surface area contributed by atoms with E-state index in [1.807, 2.05) is 6.07 Å². The lowest BCUT2D eigenvalue weighted by molar-refractivity contribution is -0.125. The molecular weight excluding hydrogens is 310 g/mol. The number of hydrogen-bond donors (Lipinski definition) is 1. The third-order valence-corrected chi connectivity index (χ3v) is 3.17. The number of carbonyl (C=O) groups is 3. The van der Waals surface area contributed by atoms with Crippen LogP contribution in [0.3, 0.4) is 0 Å². The Kier molecular flexibility index (Phi) is 5.68. The summed E-state index contributed by atoms with van der Waals surface area (Å²) in [5, 5.41) is 0. The van der Waals surface area contributed by atoms with Crippen molar-refractivity contribution < 1.29 is 23.9 Å². The van der Waals surface area contributed by atoms with Crippen molar-refractivity contribution in [3.63, 3.8) is 0 Å². The highest BCUT2D eigenvalue weighted by Gasteiger charge is 2.22. The van der Waals surface area contributed by atoms with Crippen LogP contribution in [-0.4, -0.2) is 24.3 Å². The number of esters is 1. The first-order valence-corrected chi connectivity index (χ1v) is 7.25. The maximum atomic E-state index is 12.2. The Balaban J connectivity index is 2.07. The van der Waals surface area contributed by atoms with Crippen molar-refractivity contribution in [2.75, 3.05) is 6.61 Å². The number of ether oxygens (including phenoxy) is 2. The molecule has 2 rings (SSSR count). The van der Waals surface area contributed by atoms with Gasteiger partial charge in [-0.3, -0.25) is 9.59 Å². The summed E-state index contributed by atoms with van der Waals surface area (Å²) in [4.78, 5) is 34.7. The van der Waals surface area contributed by atoms with Crippen molar-refractivity contribution in [1.82, 2.24) is 0 Å². The number of Topliss-reactive ketones (excluding diaryl/α,β-unsaturated/α-hetero) is 1. The van der Waals surface area contributed by atoms with Gasteiger partial charge in [-0.05, 0) is 36.8 Å². The van der Waals surface area contributed by atoms with Gasteiger partial charge < -0.3 is 15.2 Å². The zero-order valence-electron chi connectivity index (χ0n) is 13.1. The van der Waals surface area contributed by atoms with Crippen molar-refractivity contribution in [3.05, 3.63) is 65.7 Å². The van der Waals surface area contributed by atoms with Gasteiger partial charge in [-0.1, -0.05) is 30.3 Å². The predicted octanol–water partition coefficient (Wildman–Crippen LogP) is 2.04. The first-order valence-electron chi connectivity index (χ1n) is 7.25. The van der Waals surface area contributed by atoms with Crippen LogP contribution in [0.2, 0.25) is 0 Å². The Bertz CT molecular complexity index is 725. The molecule has 0 aliphatic rings. The minimum absolute atomic E-state index is 0.246. The highest BCUT2D eigenvalue weighted by atomic mass is 16.5. The van der Waals surface area contributed by atoms with Crippen LogP contribution < -0.4 is 10.5 Å². The summed E-state index contributed by atoms with van der Waals surface area (Å²) in [5.74, 6) is -1.08. The monoisotopic (exact) mass is 327 g/mol. The highest BCUT2D eigenvalue weighted by molar-refractivity contribution is 5.92. The van der Waals surface area contributed by atoms with E-state index in [2.05, 4.69) is 0 Å². The van der Waals surface area contributed by atoms with Gasteiger partial charge in [-0.25, -0.2) is 4.79 Å². The number of benzene rings is 2. The van der Waals surface area contributed by atoms with Crippen LogP contribution in [0.5, 0.6) is 5.75 Å². The molecule has 0 aliphatic carbocycles. The van der Waals surface area contributed by atoms with E-state index in [1.54, 1.807) is 24.3 Å². The molecular formula is C18H17NO5. The third-order valence-electron chi connectivity index (χ3n) is 3.17. The maximum Gasteiger partial charge on any atom is 0.339 e. The average Bonchev–Trinajstić information content (AvgIpc) is 2.58. The molecule has 0 saturated heterocycles. The largest absolute Gasteiger partial charge is 0.484 e. The van der Waals surface area contributed by atoms with E-state index in [-0.39, 0.29) is 18.0 Å². The van der Waals surface area contributed by atoms with Crippen molar-refractivity contribution in [2.45, 2.75) is 13.0 Å². The van der Waals surface area contributed by atoms with Gasteiger partial charge in [0.1, 0.15) is 5.75 Å². The van der Waals surface area contributed by atoms with Crippen molar-refractivity contribution in [2.24, 2.45) is 5.73 Å². The molecule has 0 unspecified atom stereocenters. The summed E-state index contributed by atoms with van der Waals surface area (Å²) in [6.45, 7) is 1.12. The number of rotatable bonds is 7. The molecule has 124 valence electrons. The summed E-state index contributed by atoms with van der Waals surface area (Å²) in [5.41, 5.74) is 5.86. The number of amides is 1. The first kappa shape index (κ1) is 17.2. The molecule has 24 heavy (non-hydrogen) atoms. The Morgan fingerprint density at radius 2 is 1.62 bits per heavy atom. The lowest BCUT2D eigenvalue weighted by atomic mass is 10.1. The van der Waals surface area contributed by atoms with Crippen LogP contribution in [0, 0.1) is 0 Å². The van der Waals surface area contributed by atoms with E-state index in [0.717, 1.165) is 0 Å². The van der Waals surface area contributed by atoms with E-state index in [0.29, 0.717) is 11.3 Å². The van der Waals surface area contributed by atoms with Crippen LogP contribution in [-0.2, 0) is 14.3 Å². The smallest absolute Gasteiger partial charge is 0.339 e. The van der Waals surface area contributed by atoms with Gasteiger partial charge in [0.2, 0.25) is 0 Å². The summed E-state index contributed by atoms with van der Waals surface area (Å²) in [7, 11) is 0. The molecule has 0 aliphatic heterocycles. The SMILES string of the molecule is CC(=O)[C@H](OC(=O)c1ccc(OCC(N)=O)cc1)c1ccccc1. The number of hydrogen-bond acceptors (Lipinski definition) is 5. The Labute approximate surface area is 139 Å². The van der Waals surface area contributed by atoms with Crippen LogP contribution in [0.15, 0.2) is 54.6 Å². The Morgan fingerprint density at radius 1 is 1.00 bits per heavy atom. The van der Waals surface area contributed by atoms with E-state index in [4.69, 9.17) is 15.2 Å². The highest BCUT2D eigenvalue weighted by Crippen LogP contribution is 2.21. The number of carbonyl (C=O) groups excluding carboxylic acids is 3. The van der Waals surface area contributed by atoms with Gasteiger partial charge in [0.15, 0.2) is 18.5 Å². The molecule has 0 spiro atoms. The fourth-order valence-corrected chi connectivity index (χ4v) is 2.03. The Morgan fingerprint density at radius 3 is 2.17 bits per heavy atom. The molecule has 2 N–H and O–H groups in total. The minimum Gasteiger partial charge on any atom is -0.484 e. The quantitative estimate of drug-likeness (QED) is 0.785. The van der Waals surface area contributed by atoms with Crippen molar-refractivity contribution >= 4 is 17.7 Å². The maximum absolute atomic E-state index is 12.2. The number of ketones is 1. The fraction of sp³-hybridized carbons (Fsp3) is 0.167. The second-order valence-corrected chi connectivity index (χ2v) is 5.09. The van der Waals surface area contributed by atoms with E-state index in [9.17, 15) is 14.4 Å². The summed E-state index contributed by atoms with van der Waals surface area (Å²) in [6, 6.07) is 14.8. The molecule has 0 heterocycles. The summed E-state index contributed by atoms with van der Waals surface area (Å²) < 4.78 is 10.4. The minimum atomic E-state index is -0.954. The van der Waals surface area contributed by atoms with Gasteiger partial charge in [-0.15, -0.1) is 0 Å². The zero-order valence-corrected chi connectivity index (χ0v) is 13.1. The van der Waals surface area contributed by atoms with Crippen molar-refractivity contribution in [3.8, 4) is 5.75 Å². The lowest BCUT2D eigenvalue weighted by Crippen LogP contribution is -2.20. The molecule has 1 atom stereocenters. The standard InChI is InChI=1S/C18H17NO5/c1-12(20)17(13-5-3-2-4-6-13)24-18(22)14-7-9-15(10-8-14)23-11-16(19)21/h2-10,17H,11H2,1H3,(H2,19,21)/t17-/m0/s1. The van der Waals surface area contributed by atoms with E-state index in [1.165, 1.54) is 31.2 Å². The molecule has 0 fully saturated rings. The molecule has 0 saturated carbocycles. The molecule has 2 aromatic carbocycles. The van der Waals surface area contributed by atoms with Crippen LogP contribution in [0.4, 0.5) is 0 Å². The topological polar surface area (TPSA) is 95.7 Å². The molecule has 0 aromatic heterocycles. The summed E-state index contributed by atoms with van der Waals surface area (Å²) >= 11 is 0. The zero-order chi connectivity index (χ0) is 17.5. The molecule has 0 bridgehead atoms. The van der Waals surface area contributed by atoms with Gasteiger partial charge in [0, 0.05) is 0 Å². The normalized spacial score (nSPS) is 11.4. The molecule has 6 nitrogen and oxygen atoms in total. The van der Waals surface area contributed by atoms with Gasteiger partial charge in [0.05, 0.1) is 5.56 Å². The molecule has 0 radical (unpaired) electrons. The van der Waals surface area contributed by atoms with Crippen LogP contribution in [0.25, 0.3) is 0 Å². The summed E-state index contributed by atoms with van der Waals surface area (Å²) in [6.07, 6.45) is -0.954. The van der Waals surface area contributed by atoms with Crippen LogP contribution >= 0.6 is 0 Å². The predicted molar refractivity (Wildman–Crippen MR) is 86.4 cm³/mol. The second-order valence-electron chi connectivity index (χ2n) is 5.09. The van der Waals surface area contributed by atoms with Gasteiger partial charge in [-0.2, -0.15) is 0 Å². The van der Waals surface area contributed by atoms with E-state index < -0.39 is 18.0 Å². The fourth-order valence-electron chi connectivity index (χ4n) is 2.03. The first-order chi connectivity index (χ1) is 11.5. The lowest BCUT2D eigenvalue weighted by Gasteiger charge is -2.15. The number of primary amides is 1. The molecule has 6 heteroatoms. The molecule has 2 aromatic rings. The third kappa shape index (κ3) is 4.67. The van der Waals surface area contributed by atoms with Gasteiger partial charge in [0.25, 0.3) is 5.91 Å². The second kappa shape index (κ2) is 7.92. The van der Waals surface area contributed by atoms with Gasteiger partial charge >= 0.3 is 5.97 Å². The number of nitrogens with two attached hydrogens (primary N) is 1. The van der Waals surface area contributed by atoms with Crippen molar-refractivity contribution in [1.29, 1.82) is 0 Å². The Hall–Kier alpha value is -3.15. The van der Waals surface area contributed by atoms with Crippen LogP contribution in [0.1, 0.15) is 28.9 Å². The molecule has 1 amide bonds.